The van der Waals surface area contributed by atoms with Crippen LogP contribution in [0.15, 0.2) is 42.5 Å². The first-order valence-corrected chi connectivity index (χ1v) is 9.46. The van der Waals surface area contributed by atoms with E-state index >= 15 is 0 Å². The summed E-state index contributed by atoms with van der Waals surface area (Å²) in [7, 11) is 0. The first-order chi connectivity index (χ1) is 14.5. The Morgan fingerprint density at radius 1 is 0.933 bits per heavy atom. The van der Waals surface area contributed by atoms with Gasteiger partial charge >= 0.3 is 11.9 Å². The van der Waals surface area contributed by atoms with Crippen LogP contribution in [0.3, 0.4) is 0 Å². The average molecular weight is 411 g/mol. The summed E-state index contributed by atoms with van der Waals surface area (Å²) in [6.45, 7) is 1.50. The van der Waals surface area contributed by atoms with Crippen LogP contribution in [0.2, 0.25) is 0 Å². The number of esters is 2. The van der Waals surface area contributed by atoms with Gasteiger partial charge in [-0.15, -0.1) is 15.0 Å². The van der Waals surface area contributed by atoms with Crippen LogP contribution in [0.5, 0.6) is 5.75 Å². The van der Waals surface area contributed by atoms with Gasteiger partial charge in [0, 0.05) is 6.92 Å². The largest absolute Gasteiger partial charge is 0.506 e. The van der Waals surface area contributed by atoms with E-state index in [-0.39, 0.29) is 30.2 Å². The molecule has 9 nitrogen and oxygen atoms in total. The quantitative estimate of drug-likeness (QED) is 0.324. The number of aromatic hydroxyl groups is 1. The number of Topliss-reactive ketones (excluding diaryl/α,β-unsaturated/α-hetero) is 1. The Morgan fingerprint density at radius 3 is 2.20 bits per heavy atom. The summed E-state index contributed by atoms with van der Waals surface area (Å²) in [5.74, 6) is -2.07. The number of ketones is 1. The standard InChI is InChI=1S/C21H21N3O6/c1-14(25)20(27)29-11-5-2-6-12-30-21(28)15-9-10-19(26)18(13-15)24-22-16-7-3-4-8-17(16)23-24/h3-4,7-10,13,26H,2,5-6,11-12H2,1H3. The zero-order chi connectivity index (χ0) is 21.5. The number of hydrogen-bond acceptors (Lipinski definition) is 8. The molecule has 0 amide bonds. The van der Waals surface area contributed by atoms with Gasteiger partial charge in [-0.2, -0.15) is 0 Å². The van der Waals surface area contributed by atoms with E-state index in [1.165, 1.54) is 23.0 Å². The third kappa shape index (κ3) is 5.19. The van der Waals surface area contributed by atoms with Crippen LogP contribution in [0.25, 0.3) is 16.7 Å². The maximum Gasteiger partial charge on any atom is 0.374 e. The van der Waals surface area contributed by atoms with E-state index < -0.39 is 17.7 Å². The van der Waals surface area contributed by atoms with E-state index in [9.17, 15) is 19.5 Å². The predicted octanol–water partition coefficient (Wildman–Crippen LogP) is 2.59. The molecule has 9 heteroatoms. The van der Waals surface area contributed by atoms with Crippen molar-refractivity contribution in [1.29, 1.82) is 0 Å². The number of benzene rings is 2. The van der Waals surface area contributed by atoms with Crippen molar-refractivity contribution in [1.82, 2.24) is 15.0 Å². The Morgan fingerprint density at radius 2 is 1.57 bits per heavy atom. The van der Waals surface area contributed by atoms with Gasteiger partial charge in [-0.1, -0.05) is 12.1 Å². The number of aromatic nitrogens is 3. The Hall–Kier alpha value is -3.75. The summed E-state index contributed by atoms with van der Waals surface area (Å²) in [4.78, 5) is 35.3. The van der Waals surface area contributed by atoms with Crippen LogP contribution in [-0.2, 0) is 19.1 Å². The highest BCUT2D eigenvalue weighted by Crippen LogP contribution is 2.23. The monoisotopic (exact) mass is 411 g/mol. The molecule has 1 N–H and O–H groups in total. The van der Waals surface area contributed by atoms with Crippen LogP contribution < -0.4 is 0 Å². The summed E-state index contributed by atoms with van der Waals surface area (Å²) >= 11 is 0. The molecule has 156 valence electrons. The van der Waals surface area contributed by atoms with Crippen molar-refractivity contribution in [2.45, 2.75) is 26.2 Å². The lowest BCUT2D eigenvalue weighted by Crippen LogP contribution is -2.14. The Balaban J connectivity index is 1.52. The van der Waals surface area contributed by atoms with Gasteiger partial charge in [-0.3, -0.25) is 4.79 Å². The van der Waals surface area contributed by atoms with E-state index in [2.05, 4.69) is 10.2 Å². The number of phenolic OH excluding ortho intramolecular Hbond substituents is 1. The second-order valence-corrected chi connectivity index (χ2v) is 6.57. The topological polar surface area (TPSA) is 121 Å². The van der Waals surface area contributed by atoms with E-state index in [4.69, 9.17) is 9.47 Å². The van der Waals surface area contributed by atoms with Crippen molar-refractivity contribution in [3.63, 3.8) is 0 Å². The molecular weight excluding hydrogens is 390 g/mol. The average Bonchev–Trinajstić information content (AvgIpc) is 3.16. The molecule has 0 unspecified atom stereocenters. The van der Waals surface area contributed by atoms with Crippen molar-refractivity contribution in [2.75, 3.05) is 13.2 Å². The highest BCUT2D eigenvalue weighted by Gasteiger charge is 2.14. The van der Waals surface area contributed by atoms with E-state index in [0.717, 1.165) is 6.92 Å². The summed E-state index contributed by atoms with van der Waals surface area (Å²) in [6, 6.07) is 11.6. The number of fused-ring (bicyclic) bond motifs is 1. The Labute approximate surface area is 172 Å². The SMILES string of the molecule is CC(=O)C(=O)OCCCCCOC(=O)c1ccc(O)c(-n2nc3ccccc3n2)c1. The molecule has 0 bridgehead atoms. The summed E-state index contributed by atoms with van der Waals surface area (Å²) in [5, 5.41) is 18.8. The number of phenols is 1. The lowest BCUT2D eigenvalue weighted by molar-refractivity contribution is -0.153. The van der Waals surface area contributed by atoms with Crippen LogP contribution >= 0.6 is 0 Å². The van der Waals surface area contributed by atoms with Crippen molar-refractivity contribution >= 4 is 28.8 Å². The number of nitrogens with zero attached hydrogens (tertiary/aromatic N) is 3. The molecule has 0 saturated heterocycles. The van der Waals surface area contributed by atoms with Crippen LogP contribution in [0, 0.1) is 0 Å². The maximum atomic E-state index is 12.3. The second kappa shape index (κ2) is 9.64. The van der Waals surface area contributed by atoms with Crippen LogP contribution in [-0.4, -0.2) is 51.0 Å². The summed E-state index contributed by atoms with van der Waals surface area (Å²) < 4.78 is 10.0. The molecule has 0 fully saturated rings. The van der Waals surface area contributed by atoms with Crippen molar-refractivity contribution in [2.24, 2.45) is 0 Å². The van der Waals surface area contributed by atoms with Gasteiger partial charge in [0.15, 0.2) is 0 Å². The van der Waals surface area contributed by atoms with E-state index in [1.54, 1.807) is 12.1 Å². The number of carbonyl (C=O) groups is 3. The zero-order valence-electron chi connectivity index (χ0n) is 16.4. The molecule has 30 heavy (non-hydrogen) atoms. The highest BCUT2D eigenvalue weighted by atomic mass is 16.5. The number of rotatable bonds is 9. The van der Waals surface area contributed by atoms with E-state index in [1.807, 2.05) is 12.1 Å². The van der Waals surface area contributed by atoms with Gasteiger partial charge in [0.05, 0.1) is 18.8 Å². The van der Waals surface area contributed by atoms with Gasteiger partial charge in [0.1, 0.15) is 22.5 Å². The fraction of sp³-hybridized carbons (Fsp3) is 0.286. The predicted molar refractivity (Wildman–Crippen MR) is 106 cm³/mol. The third-order valence-corrected chi connectivity index (χ3v) is 4.26. The lowest BCUT2D eigenvalue weighted by atomic mass is 10.2. The molecule has 2 aromatic carbocycles. The number of hydrogen-bond donors (Lipinski definition) is 1. The number of carbonyl (C=O) groups excluding carboxylic acids is 3. The van der Waals surface area contributed by atoms with Gasteiger partial charge in [-0.25, -0.2) is 9.59 Å². The molecule has 0 saturated carbocycles. The van der Waals surface area contributed by atoms with Crippen molar-refractivity contribution in [3.8, 4) is 11.4 Å². The minimum Gasteiger partial charge on any atom is -0.506 e. The van der Waals surface area contributed by atoms with Crippen molar-refractivity contribution < 1.29 is 29.0 Å². The molecule has 3 aromatic rings. The maximum absolute atomic E-state index is 12.3. The lowest BCUT2D eigenvalue weighted by Gasteiger charge is -2.08. The first-order valence-electron chi connectivity index (χ1n) is 9.46. The smallest absolute Gasteiger partial charge is 0.374 e. The molecular formula is C21H21N3O6. The van der Waals surface area contributed by atoms with Gasteiger partial charge in [0.25, 0.3) is 0 Å². The molecule has 0 aliphatic carbocycles. The fourth-order valence-electron chi connectivity index (χ4n) is 2.67. The molecule has 3 rings (SSSR count). The zero-order valence-corrected chi connectivity index (χ0v) is 16.4. The Bertz CT molecular complexity index is 1040. The molecule has 1 heterocycles. The molecule has 0 spiro atoms. The molecule has 0 atom stereocenters. The van der Waals surface area contributed by atoms with Gasteiger partial charge in [0.2, 0.25) is 5.78 Å². The summed E-state index contributed by atoms with van der Waals surface area (Å²) in [5.41, 5.74) is 1.87. The Kier molecular flexibility index (Phi) is 6.74. The van der Waals surface area contributed by atoms with E-state index in [0.29, 0.717) is 30.3 Å². The van der Waals surface area contributed by atoms with Gasteiger partial charge < -0.3 is 14.6 Å². The molecule has 0 aliphatic rings. The minimum absolute atomic E-state index is 0.0630. The molecule has 1 aromatic heterocycles. The number of unbranched alkanes of at least 4 members (excludes halogenated alkanes) is 2. The second-order valence-electron chi connectivity index (χ2n) is 6.57. The third-order valence-electron chi connectivity index (χ3n) is 4.26. The highest BCUT2D eigenvalue weighted by molar-refractivity contribution is 6.32. The van der Waals surface area contributed by atoms with Gasteiger partial charge in [-0.05, 0) is 49.6 Å². The van der Waals surface area contributed by atoms with Crippen LogP contribution in [0.4, 0.5) is 0 Å². The fourth-order valence-corrected chi connectivity index (χ4v) is 2.67. The molecule has 0 aliphatic heterocycles. The normalized spacial score (nSPS) is 10.7. The number of ether oxygens (including phenoxy) is 2. The van der Waals surface area contributed by atoms with Crippen molar-refractivity contribution in [3.05, 3.63) is 48.0 Å². The molecule has 0 radical (unpaired) electrons. The van der Waals surface area contributed by atoms with Crippen LogP contribution in [0.1, 0.15) is 36.5 Å². The minimum atomic E-state index is -0.843. The first kappa shape index (κ1) is 21.0. The summed E-state index contributed by atoms with van der Waals surface area (Å²) in [6.07, 6.45) is 1.82.